The molecule has 1 aliphatic rings. The maximum absolute atomic E-state index is 13.2. The van der Waals surface area contributed by atoms with Crippen LogP contribution in [0.25, 0.3) is 10.8 Å². The first-order valence-electron chi connectivity index (χ1n) is 8.96. The van der Waals surface area contributed by atoms with Crippen molar-refractivity contribution < 1.29 is 0 Å². The third-order valence-corrected chi connectivity index (χ3v) is 5.02. The second-order valence-electron chi connectivity index (χ2n) is 7.14. The SMILES string of the molecule is Cc1cnc(N)nc1N[C@@H](C)c1cc2cccc(C)c2c(=O)n1C1CC1. The van der Waals surface area contributed by atoms with Crippen molar-refractivity contribution in [1.29, 1.82) is 0 Å². The zero-order valence-corrected chi connectivity index (χ0v) is 15.3. The number of nitrogens with zero attached hydrogens (tertiary/aromatic N) is 3. The first kappa shape index (κ1) is 16.6. The molecule has 134 valence electrons. The summed E-state index contributed by atoms with van der Waals surface area (Å²) in [4.78, 5) is 21.5. The molecular weight excluding hydrogens is 326 g/mol. The summed E-state index contributed by atoms with van der Waals surface area (Å²) in [6.45, 7) is 5.98. The van der Waals surface area contributed by atoms with Crippen molar-refractivity contribution in [1.82, 2.24) is 14.5 Å². The van der Waals surface area contributed by atoms with Crippen LogP contribution in [0.4, 0.5) is 11.8 Å². The number of benzene rings is 1. The maximum atomic E-state index is 13.2. The van der Waals surface area contributed by atoms with Gasteiger partial charge in [0, 0.05) is 23.5 Å². The van der Waals surface area contributed by atoms with Crippen molar-refractivity contribution in [2.24, 2.45) is 0 Å². The number of fused-ring (bicyclic) bond motifs is 1. The summed E-state index contributed by atoms with van der Waals surface area (Å²) in [5, 5.41) is 5.20. The van der Waals surface area contributed by atoms with E-state index in [2.05, 4.69) is 21.4 Å². The molecule has 0 saturated heterocycles. The quantitative estimate of drug-likeness (QED) is 0.753. The molecule has 0 radical (unpaired) electrons. The zero-order valence-electron chi connectivity index (χ0n) is 15.3. The molecule has 4 rings (SSSR count). The van der Waals surface area contributed by atoms with Crippen molar-refractivity contribution in [3.63, 3.8) is 0 Å². The number of rotatable bonds is 4. The average molecular weight is 349 g/mol. The molecule has 6 nitrogen and oxygen atoms in total. The second-order valence-corrected chi connectivity index (χ2v) is 7.14. The minimum atomic E-state index is -0.0822. The molecule has 1 saturated carbocycles. The van der Waals surface area contributed by atoms with Gasteiger partial charge in [-0.25, -0.2) is 4.98 Å². The predicted molar refractivity (Wildman–Crippen MR) is 104 cm³/mol. The van der Waals surface area contributed by atoms with E-state index in [0.29, 0.717) is 11.9 Å². The van der Waals surface area contributed by atoms with E-state index in [1.54, 1.807) is 6.20 Å². The summed E-state index contributed by atoms with van der Waals surface area (Å²) in [6, 6.07) is 8.33. The smallest absolute Gasteiger partial charge is 0.259 e. The Labute approximate surface area is 152 Å². The van der Waals surface area contributed by atoms with Crippen molar-refractivity contribution in [3.05, 3.63) is 57.6 Å². The number of aromatic nitrogens is 3. The van der Waals surface area contributed by atoms with Crippen LogP contribution in [0.15, 0.2) is 35.3 Å². The zero-order chi connectivity index (χ0) is 18.4. The van der Waals surface area contributed by atoms with Crippen LogP contribution >= 0.6 is 0 Å². The van der Waals surface area contributed by atoms with Crippen LogP contribution in [-0.2, 0) is 0 Å². The van der Waals surface area contributed by atoms with Crippen molar-refractivity contribution in [3.8, 4) is 0 Å². The Morgan fingerprint density at radius 3 is 2.77 bits per heavy atom. The van der Waals surface area contributed by atoms with Gasteiger partial charge in [-0.1, -0.05) is 18.2 Å². The predicted octanol–water partition coefficient (Wildman–Crippen LogP) is 3.50. The van der Waals surface area contributed by atoms with Gasteiger partial charge in [0.25, 0.3) is 5.56 Å². The van der Waals surface area contributed by atoms with Gasteiger partial charge in [-0.05, 0) is 50.6 Å². The van der Waals surface area contributed by atoms with E-state index in [1.807, 2.05) is 43.5 Å². The first-order chi connectivity index (χ1) is 12.5. The van der Waals surface area contributed by atoms with Gasteiger partial charge in [0.2, 0.25) is 5.95 Å². The first-order valence-corrected chi connectivity index (χ1v) is 8.96. The average Bonchev–Trinajstić information content (AvgIpc) is 3.42. The number of pyridine rings is 1. The molecule has 0 amide bonds. The Balaban J connectivity index is 1.84. The molecule has 0 unspecified atom stereocenters. The van der Waals surface area contributed by atoms with Gasteiger partial charge in [0.15, 0.2) is 0 Å². The molecule has 2 heterocycles. The van der Waals surface area contributed by atoms with Crippen molar-refractivity contribution in [2.45, 2.75) is 45.7 Å². The Bertz CT molecular complexity index is 1050. The van der Waals surface area contributed by atoms with E-state index in [1.165, 1.54) is 0 Å². The molecule has 3 N–H and O–H groups in total. The normalized spacial score (nSPS) is 15.2. The van der Waals surface area contributed by atoms with Gasteiger partial charge in [-0.15, -0.1) is 0 Å². The van der Waals surface area contributed by atoms with E-state index >= 15 is 0 Å². The highest BCUT2D eigenvalue weighted by Crippen LogP contribution is 2.37. The van der Waals surface area contributed by atoms with Crippen molar-refractivity contribution >= 4 is 22.5 Å². The molecule has 1 fully saturated rings. The fourth-order valence-corrected chi connectivity index (χ4v) is 3.49. The standard InChI is InChI=1S/C20H23N5O/c1-11-5-4-6-14-9-16(25(15-7-8-15)19(26)17(11)14)13(3)23-18-12(2)10-22-20(21)24-18/h4-6,9-10,13,15H,7-8H2,1-3H3,(H3,21,22,23,24)/t13-/m0/s1. The van der Waals surface area contributed by atoms with E-state index in [0.717, 1.165) is 40.4 Å². The van der Waals surface area contributed by atoms with E-state index < -0.39 is 0 Å². The number of hydrogen-bond donors (Lipinski definition) is 2. The summed E-state index contributed by atoms with van der Waals surface area (Å²) in [5.74, 6) is 0.933. The van der Waals surface area contributed by atoms with Gasteiger partial charge < -0.3 is 15.6 Å². The van der Waals surface area contributed by atoms with Crippen LogP contribution in [0.5, 0.6) is 0 Å². The van der Waals surface area contributed by atoms with Gasteiger partial charge >= 0.3 is 0 Å². The summed E-state index contributed by atoms with van der Waals surface area (Å²) >= 11 is 0. The van der Waals surface area contributed by atoms with Crippen molar-refractivity contribution in [2.75, 3.05) is 11.1 Å². The minimum Gasteiger partial charge on any atom is -0.368 e. The molecule has 0 aliphatic heterocycles. The fraction of sp³-hybridized carbons (Fsp3) is 0.350. The van der Waals surface area contributed by atoms with E-state index in [9.17, 15) is 4.79 Å². The molecule has 1 atom stereocenters. The molecule has 0 bridgehead atoms. The Hall–Kier alpha value is -2.89. The lowest BCUT2D eigenvalue weighted by Crippen LogP contribution is -2.27. The fourth-order valence-electron chi connectivity index (χ4n) is 3.49. The molecule has 0 spiro atoms. The number of nitrogens with two attached hydrogens (primary N) is 1. The number of hydrogen-bond acceptors (Lipinski definition) is 5. The molecule has 3 aromatic rings. The highest BCUT2D eigenvalue weighted by atomic mass is 16.1. The molecular formula is C20H23N5O. The highest BCUT2D eigenvalue weighted by Gasteiger charge is 2.29. The largest absolute Gasteiger partial charge is 0.368 e. The second kappa shape index (κ2) is 6.12. The monoisotopic (exact) mass is 349 g/mol. The van der Waals surface area contributed by atoms with Crippen LogP contribution in [0.3, 0.4) is 0 Å². The molecule has 2 aromatic heterocycles. The number of anilines is 2. The number of nitrogens with one attached hydrogen (secondary N) is 1. The van der Waals surface area contributed by atoms with Gasteiger partial charge in [0.1, 0.15) is 5.82 Å². The Morgan fingerprint density at radius 2 is 2.04 bits per heavy atom. The van der Waals surface area contributed by atoms with Crippen LogP contribution < -0.4 is 16.6 Å². The number of nitrogen functional groups attached to an aromatic ring is 1. The topological polar surface area (TPSA) is 85.8 Å². The lowest BCUT2D eigenvalue weighted by atomic mass is 10.0. The Morgan fingerprint density at radius 1 is 1.27 bits per heavy atom. The van der Waals surface area contributed by atoms with Gasteiger partial charge in [0.05, 0.1) is 11.4 Å². The summed E-state index contributed by atoms with van der Waals surface area (Å²) in [7, 11) is 0. The van der Waals surface area contributed by atoms with E-state index in [-0.39, 0.29) is 17.5 Å². The lowest BCUT2D eigenvalue weighted by Gasteiger charge is -2.22. The minimum absolute atomic E-state index is 0.0822. The summed E-state index contributed by atoms with van der Waals surface area (Å²) in [5.41, 5.74) is 8.75. The molecule has 26 heavy (non-hydrogen) atoms. The van der Waals surface area contributed by atoms with Crippen LogP contribution in [0.1, 0.15) is 48.7 Å². The Kier molecular flexibility index (Phi) is 3.90. The van der Waals surface area contributed by atoms with Crippen LogP contribution in [-0.4, -0.2) is 14.5 Å². The van der Waals surface area contributed by atoms with E-state index in [4.69, 9.17) is 5.73 Å². The lowest BCUT2D eigenvalue weighted by molar-refractivity contribution is 0.635. The van der Waals surface area contributed by atoms with Crippen LogP contribution in [0, 0.1) is 13.8 Å². The third kappa shape index (κ3) is 2.81. The maximum Gasteiger partial charge on any atom is 0.259 e. The molecule has 6 heteroatoms. The molecule has 1 aromatic carbocycles. The third-order valence-electron chi connectivity index (χ3n) is 5.02. The summed E-state index contributed by atoms with van der Waals surface area (Å²) < 4.78 is 1.97. The molecule has 1 aliphatic carbocycles. The number of aryl methyl sites for hydroxylation is 2. The van der Waals surface area contributed by atoms with Crippen LogP contribution in [0.2, 0.25) is 0 Å². The van der Waals surface area contributed by atoms with Gasteiger partial charge in [-0.2, -0.15) is 4.98 Å². The summed E-state index contributed by atoms with van der Waals surface area (Å²) in [6.07, 6.45) is 3.81. The highest BCUT2D eigenvalue weighted by molar-refractivity contribution is 5.85. The van der Waals surface area contributed by atoms with Gasteiger partial charge in [-0.3, -0.25) is 4.79 Å².